The summed E-state index contributed by atoms with van der Waals surface area (Å²) in [6.07, 6.45) is 4.09. The number of amides is 1. The van der Waals surface area contributed by atoms with Crippen molar-refractivity contribution < 1.29 is 15.0 Å². The molecule has 2 N–H and O–H groups in total. The van der Waals surface area contributed by atoms with Crippen molar-refractivity contribution >= 4 is 16.8 Å². The normalized spacial score (nSPS) is 22.3. The summed E-state index contributed by atoms with van der Waals surface area (Å²) in [4.78, 5) is 14.5. The van der Waals surface area contributed by atoms with Gasteiger partial charge in [-0.25, -0.2) is 0 Å². The zero-order valence-electron chi connectivity index (χ0n) is 13.5. The number of nitrogens with zero attached hydrogens (tertiary/aromatic N) is 2. The summed E-state index contributed by atoms with van der Waals surface area (Å²) in [5.41, 5.74) is 1.13. The molecule has 0 spiro atoms. The van der Waals surface area contributed by atoms with E-state index in [4.69, 9.17) is 0 Å². The van der Waals surface area contributed by atoms with E-state index in [9.17, 15) is 15.0 Å². The van der Waals surface area contributed by atoms with Gasteiger partial charge in [0, 0.05) is 37.2 Å². The molecule has 2 heterocycles. The molecule has 124 valence electrons. The van der Waals surface area contributed by atoms with E-state index in [-0.39, 0.29) is 12.5 Å². The van der Waals surface area contributed by atoms with E-state index >= 15 is 0 Å². The molecule has 3 rings (SSSR count). The highest BCUT2D eigenvalue weighted by Gasteiger charge is 2.30. The number of hydrogen-bond donors (Lipinski definition) is 2. The van der Waals surface area contributed by atoms with Gasteiger partial charge in [-0.1, -0.05) is 18.2 Å². The molecule has 1 amide bonds. The van der Waals surface area contributed by atoms with Crippen molar-refractivity contribution in [3.8, 4) is 0 Å². The van der Waals surface area contributed by atoms with Crippen molar-refractivity contribution in [3.05, 3.63) is 36.0 Å². The molecule has 0 saturated carbocycles. The molecule has 2 aromatic rings. The maximum atomic E-state index is 12.6. The van der Waals surface area contributed by atoms with Crippen LogP contribution in [0.25, 0.3) is 10.9 Å². The number of aryl methyl sites for hydroxylation is 1. The summed E-state index contributed by atoms with van der Waals surface area (Å²) in [5.74, 6) is 0.0866. The van der Waals surface area contributed by atoms with Crippen molar-refractivity contribution in [1.82, 2.24) is 9.47 Å². The van der Waals surface area contributed by atoms with E-state index in [0.717, 1.165) is 22.9 Å². The Labute approximate surface area is 136 Å². The number of aromatic nitrogens is 1. The third-order valence-electron chi connectivity index (χ3n) is 4.89. The first-order valence-corrected chi connectivity index (χ1v) is 8.16. The van der Waals surface area contributed by atoms with Crippen LogP contribution in [0.5, 0.6) is 0 Å². The number of carbonyl (C=O) groups excluding carboxylic acids is 1. The average molecular weight is 316 g/mol. The number of likely N-dealkylation sites (tertiary alicyclic amines) is 1. The Hall–Kier alpha value is -1.85. The molecule has 0 unspecified atom stereocenters. The van der Waals surface area contributed by atoms with Crippen molar-refractivity contribution in [2.75, 3.05) is 19.7 Å². The lowest BCUT2D eigenvalue weighted by Crippen LogP contribution is -2.37. The van der Waals surface area contributed by atoms with Gasteiger partial charge in [-0.05, 0) is 30.9 Å². The maximum absolute atomic E-state index is 12.6. The Kier molecular flexibility index (Phi) is 4.41. The topological polar surface area (TPSA) is 65.7 Å². The third kappa shape index (κ3) is 3.26. The Bertz CT molecular complexity index is 709. The molecular weight excluding hydrogens is 292 g/mol. The van der Waals surface area contributed by atoms with Crippen molar-refractivity contribution in [2.24, 2.45) is 7.05 Å². The summed E-state index contributed by atoms with van der Waals surface area (Å²) in [7, 11) is 1.99. The molecule has 1 aliphatic rings. The van der Waals surface area contributed by atoms with Crippen LogP contribution in [0.1, 0.15) is 24.8 Å². The van der Waals surface area contributed by atoms with E-state index in [1.54, 1.807) is 0 Å². The molecule has 0 bridgehead atoms. The monoisotopic (exact) mass is 316 g/mol. The summed E-state index contributed by atoms with van der Waals surface area (Å²) >= 11 is 0. The van der Waals surface area contributed by atoms with Crippen LogP contribution in [0.15, 0.2) is 30.5 Å². The summed E-state index contributed by atoms with van der Waals surface area (Å²) < 4.78 is 2.05. The molecule has 1 aromatic heterocycles. The first kappa shape index (κ1) is 16.0. The summed E-state index contributed by atoms with van der Waals surface area (Å²) in [6.45, 7) is 0.908. The number of fused-ring (bicyclic) bond motifs is 1. The molecule has 5 nitrogen and oxygen atoms in total. The van der Waals surface area contributed by atoms with Gasteiger partial charge in [0.15, 0.2) is 0 Å². The predicted octanol–water partition coefficient (Wildman–Crippen LogP) is 1.46. The number of rotatable bonds is 3. The largest absolute Gasteiger partial charge is 0.393 e. The lowest BCUT2D eigenvalue weighted by Gasteiger charge is -2.24. The standard InChI is InChI=1S/C18H24N2O3/c1-19-12-14(15-5-2-3-6-16(15)19)11-17(22)20-9-4-7-18(23,13-21)8-10-20/h2-3,5-6,12,21,23H,4,7-11,13H2,1H3/t18-/m1/s1. The third-order valence-corrected chi connectivity index (χ3v) is 4.89. The van der Waals surface area contributed by atoms with E-state index in [1.165, 1.54) is 0 Å². The molecule has 1 aromatic carbocycles. The molecule has 1 fully saturated rings. The van der Waals surface area contributed by atoms with Crippen molar-refractivity contribution in [2.45, 2.75) is 31.3 Å². The van der Waals surface area contributed by atoms with Gasteiger partial charge in [0.1, 0.15) is 0 Å². The predicted molar refractivity (Wildman–Crippen MR) is 89.1 cm³/mol. The van der Waals surface area contributed by atoms with Gasteiger partial charge in [0.25, 0.3) is 0 Å². The van der Waals surface area contributed by atoms with Gasteiger partial charge in [-0.3, -0.25) is 4.79 Å². The van der Waals surface area contributed by atoms with E-state index < -0.39 is 5.60 Å². The van der Waals surface area contributed by atoms with Crippen LogP contribution in [0.3, 0.4) is 0 Å². The minimum absolute atomic E-state index is 0.0866. The first-order valence-electron chi connectivity index (χ1n) is 8.16. The Morgan fingerprint density at radius 1 is 1.26 bits per heavy atom. The molecule has 23 heavy (non-hydrogen) atoms. The van der Waals surface area contributed by atoms with Crippen molar-refractivity contribution in [3.63, 3.8) is 0 Å². The Morgan fingerprint density at radius 2 is 2.04 bits per heavy atom. The average Bonchev–Trinajstić information content (AvgIpc) is 2.74. The molecular formula is C18H24N2O3. The van der Waals surface area contributed by atoms with Gasteiger partial charge >= 0.3 is 0 Å². The number of benzene rings is 1. The number of para-hydroxylation sites is 1. The minimum atomic E-state index is -1.03. The summed E-state index contributed by atoms with van der Waals surface area (Å²) in [5, 5.41) is 20.6. The zero-order chi connectivity index (χ0) is 16.4. The quantitative estimate of drug-likeness (QED) is 0.901. The van der Waals surface area contributed by atoms with Crippen LogP contribution in [0.4, 0.5) is 0 Å². The highest BCUT2D eigenvalue weighted by molar-refractivity contribution is 5.89. The van der Waals surface area contributed by atoms with Crippen LogP contribution in [-0.2, 0) is 18.3 Å². The smallest absolute Gasteiger partial charge is 0.227 e. The van der Waals surface area contributed by atoms with Crippen LogP contribution in [0, 0.1) is 0 Å². The fourth-order valence-electron chi connectivity index (χ4n) is 3.43. The van der Waals surface area contributed by atoms with E-state index in [0.29, 0.717) is 32.4 Å². The second kappa shape index (κ2) is 6.34. The maximum Gasteiger partial charge on any atom is 0.227 e. The lowest BCUT2D eigenvalue weighted by atomic mass is 9.96. The summed E-state index contributed by atoms with van der Waals surface area (Å²) in [6, 6.07) is 8.09. The van der Waals surface area contributed by atoms with Gasteiger partial charge in [-0.2, -0.15) is 0 Å². The molecule has 0 aliphatic carbocycles. The SMILES string of the molecule is Cn1cc(CC(=O)N2CCC[C@](O)(CO)CC2)c2ccccc21. The minimum Gasteiger partial charge on any atom is -0.393 e. The number of carbonyl (C=O) groups is 1. The van der Waals surface area contributed by atoms with E-state index in [2.05, 4.69) is 6.07 Å². The zero-order valence-corrected chi connectivity index (χ0v) is 13.5. The van der Waals surface area contributed by atoms with Gasteiger partial charge in [0.05, 0.1) is 18.6 Å². The Balaban J connectivity index is 1.74. The fraction of sp³-hybridized carbons (Fsp3) is 0.500. The highest BCUT2D eigenvalue weighted by atomic mass is 16.3. The highest BCUT2D eigenvalue weighted by Crippen LogP contribution is 2.24. The van der Waals surface area contributed by atoms with Gasteiger partial charge in [0.2, 0.25) is 5.91 Å². The molecule has 0 radical (unpaired) electrons. The van der Waals surface area contributed by atoms with Crippen molar-refractivity contribution in [1.29, 1.82) is 0 Å². The van der Waals surface area contributed by atoms with Crippen LogP contribution >= 0.6 is 0 Å². The van der Waals surface area contributed by atoms with Crippen LogP contribution in [-0.4, -0.2) is 50.9 Å². The molecule has 5 heteroatoms. The second-order valence-corrected chi connectivity index (χ2v) is 6.58. The van der Waals surface area contributed by atoms with Crippen LogP contribution in [0.2, 0.25) is 0 Å². The van der Waals surface area contributed by atoms with Crippen LogP contribution < -0.4 is 0 Å². The number of aliphatic hydroxyl groups excluding tert-OH is 1. The molecule has 1 saturated heterocycles. The molecule has 1 aliphatic heterocycles. The Morgan fingerprint density at radius 3 is 2.83 bits per heavy atom. The van der Waals surface area contributed by atoms with Gasteiger partial charge in [-0.15, -0.1) is 0 Å². The first-order chi connectivity index (χ1) is 11.0. The number of aliphatic hydroxyl groups is 2. The van der Waals surface area contributed by atoms with E-state index in [1.807, 2.05) is 40.9 Å². The second-order valence-electron chi connectivity index (χ2n) is 6.58. The molecule has 1 atom stereocenters. The van der Waals surface area contributed by atoms with Gasteiger partial charge < -0.3 is 19.7 Å². The lowest BCUT2D eigenvalue weighted by molar-refractivity contribution is -0.130. The fourth-order valence-corrected chi connectivity index (χ4v) is 3.43. The number of hydrogen-bond acceptors (Lipinski definition) is 3.